The molecule has 4 aromatic rings. The molecule has 1 fully saturated rings. The normalized spacial score (nSPS) is 15.4. The minimum Gasteiger partial charge on any atom is -0.389 e. The Kier molecular flexibility index (Phi) is 7.07. The average Bonchev–Trinajstić information content (AvgIpc) is 3.14. The first kappa shape index (κ1) is 24.8. The number of likely N-dealkylation sites (tertiary alicyclic amines) is 1. The van der Waals surface area contributed by atoms with Gasteiger partial charge in [0.05, 0.1) is 22.3 Å². The molecule has 0 atom stereocenters. The van der Waals surface area contributed by atoms with Crippen LogP contribution in [0, 0.1) is 0 Å². The third kappa shape index (κ3) is 5.15. The lowest BCUT2D eigenvalue weighted by atomic mass is 9.85. The second kappa shape index (κ2) is 10.3. The molecule has 2 aromatic carbocycles. The highest BCUT2D eigenvalue weighted by molar-refractivity contribution is 6.30. The molecule has 1 aliphatic rings. The van der Waals surface area contributed by atoms with E-state index < -0.39 is 5.60 Å². The molecule has 0 bridgehead atoms. The molecular formula is C29H29Cl2N3O2. The van der Waals surface area contributed by atoms with Crippen LogP contribution in [0.1, 0.15) is 30.4 Å². The SMILES string of the molecule is Cn1c(-c2ccc(Cl)cc2)c(CCC(=O)N2CCC(O)(Cc3ccccc3)CC2)c2nc(Cl)ccc21. The van der Waals surface area contributed by atoms with Gasteiger partial charge in [-0.15, -0.1) is 0 Å². The van der Waals surface area contributed by atoms with E-state index in [1.165, 1.54) is 0 Å². The van der Waals surface area contributed by atoms with E-state index >= 15 is 0 Å². The van der Waals surface area contributed by atoms with Gasteiger partial charge >= 0.3 is 0 Å². The van der Waals surface area contributed by atoms with Crippen LogP contribution in [-0.4, -0.2) is 44.2 Å². The summed E-state index contributed by atoms with van der Waals surface area (Å²) < 4.78 is 2.10. The van der Waals surface area contributed by atoms with Gasteiger partial charge in [0.15, 0.2) is 0 Å². The van der Waals surface area contributed by atoms with E-state index in [0.29, 0.717) is 55.4 Å². The first-order valence-electron chi connectivity index (χ1n) is 12.3. The summed E-state index contributed by atoms with van der Waals surface area (Å²) in [5, 5.41) is 12.2. The van der Waals surface area contributed by atoms with Crippen LogP contribution in [0.25, 0.3) is 22.3 Å². The van der Waals surface area contributed by atoms with Crippen LogP contribution in [-0.2, 0) is 24.7 Å². The summed E-state index contributed by atoms with van der Waals surface area (Å²) in [5.74, 6) is 0.0952. The summed E-state index contributed by atoms with van der Waals surface area (Å²) >= 11 is 12.4. The van der Waals surface area contributed by atoms with E-state index in [1.54, 1.807) is 6.07 Å². The fourth-order valence-electron chi connectivity index (χ4n) is 5.28. The molecule has 0 spiro atoms. The Hall–Kier alpha value is -2.86. The molecule has 5 nitrogen and oxygen atoms in total. The van der Waals surface area contributed by atoms with Crippen LogP contribution in [0.4, 0.5) is 0 Å². The zero-order valence-electron chi connectivity index (χ0n) is 20.3. The number of carbonyl (C=O) groups is 1. The number of pyridine rings is 1. The molecule has 186 valence electrons. The van der Waals surface area contributed by atoms with Crippen molar-refractivity contribution in [2.75, 3.05) is 13.1 Å². The third-order valence-electron chi connectivity index (χ3n) is 7.24. The molecule has 0 saturated carbocycles. The highest BCUT2D eigenvalue weighted by atomic mass is 35.5. The molecule has 1 N–H and O–H groups in total. The number of aryl methyl sites for hydroxylation is 2. The lowest BCUT2D eigenvalue weighted by Crippen LogP contribution is -2.47. The summed E-state index contributed by atoms with van der Waals surface area (Å²) in [6.07, 6.45) is 2.68. The number of nitrogens with zero attached hydrogens (tertiary/aromatic N) is 3. The van der Waals surface area contributed by atoms with Gasteiger partial charge in [-0.3, -0.25) is 4.79 Å². The Morgan fingerprint density at radius 2 is 1.69 bits per heavy atom. The molecule has 36 heavy (non-hydrogen) atoms. The Bertz CT molecular complexity index is 1380. The number of carbonyl (C=O) groups excluding carboxylic acids is 1. The van der Waals surface area contributed by atoms with Crippen LogP contribution in [0.3, 0.4) is 0 Å². The molecule has 7 heteroatoms. The van der Waals surface area contributed by atoms with Crippen molar-refractivity contribution in [1.82, 2.24) is 14.5 Å². The van der Waals surface area contributed by atoms with Crippen molar-refractivity contribution < 1.29 is 9.90 Å². The first-order valence-corrected chi connectivity index (χ1v) is 13.0. The van der Waals surface area contributed by atoms with Crippen molar-refractivity contribution in [3.63, 3.8) is 0 Å². The van der Waals surface area contributed by atoms with Gasteiger partial charge in [-0.05, 0) is 54.7 Å². The van der Waals surface area contributed by atoms with Gasteiger partial charge in [0.1, 0.15) is 5.15 Å². The minimum atomic E-state index is -0.768. The number of hydrogen-bond donors (Lipinski definition) is 1. The van der Waals surface area contributed by atoms with E-state index in [-0.39, 0.29) is 5.91 Å². The fraction of sp³-hybridized carbons (Fsp3) is 0.310. The topological polar surface area (TPSA) is 58.4 Å². The summed E-state index contributed by atoms with van der Waals surface area (Å²) in [6.45, 7) is 1.12. The smallest absolute Gasteiger partial charge is 0.222 e. The van der Waals surface area contributed by atoms with Gasteiger partial charge < -0.3 is 14.6 Å². The van der Waals surface area contributed by atoms with E-state index in [9.17, 15) is 9.90 Å². The fourth-order valence-corrected chi connectivity index (χ4v) is 5.56. The van der Waals surface area contributed by atoms with Crippen molar-refractivity contribution in [2.24, 2.45) is 7.05 Å². The molecule has 1 amide bonds. The highest BCUT2D eigenvalue weighted by Crippen LogP contribution is 2.35. The number of halogens is 2. The van der Waals surface area contributed by atoms with Gasteiger partial charge in [0, 0.05) is 43.6 Å². The summed E-state index contributed by atoms with van der Waals surface area (Å²) in [7, 11) is 2.01. The van der Waals surface area contributed by atoms with Crippen molar-refractivity contribution >= 4 is 40.1 Å². The predicted octanol–water partition coefficient (Wildman–Crippen LogP) is 6.08. The Morgan fingerprint density at radius 1 is 1.00 bits per heavy atom. The van der Waals surface area contributed by atoms with Gasteiger partial charge in [-0.25, -0.2) is 4.98 Å². The lowest BCUT2D eigenvalue weighted by Gasteiger charge is -2.38. The quantitative estimate of drug-likeness (QED) is 0.313. The number of rotatable bonds is 6. The molecule has 2 aromatic heterocycles. The van der Waals surface area contributed by atoms with Gasteiger partial charge in [0.25, 0.3) is 0 Å². The highest BCUT2D eigenvalue weighted by Gasteiger charge is 2.34. The van der Waals surface area contributed by atoms with E-state index in [2.05, 4.69) is 9.55 Å². The van der Waals surface area contributed by atoms with E-state index in [0.717, 1.165) is 33.4 Å². The van der Waals surface area contributed by atoms with Gasteiger partial charge in [-0.1, -0.05) is 65.7 Å². The third-order valence-corrected chi connectivity index (χ3v) is 7.70. The van der Waals surface area contributed by atoms with Crippen molar-refractivity contribution in [3.05, 3.63) is 88.0 Å². The zero-order valence-corrected chi connectivity index (χ0v) is 21.8. The summed E-state index contributed by atoms with van der Waals surface area (Å²) in [6, 6.07) is 21.5. The lowest BCUT2D eigenvalue weighted by molar-refractivity contribution is -0.135. The largest absolute Gasteiger partial charge is 0.389 e. The van der Waals surface area contributed by atoms with E-state index in [4.69, 9.17) is 23.2 Å². The van der Waals surface area contributed by atoms with Crippen molar-refractivity contribution in [2.45, 2.75) is 37.7 Å². The second-order valence-corrected chi connectivity index (χ2v) is 10.5. The van der Waals surface area contributed by atoms with Crippen LogP contribution in [0.2, 0.25) is 10.2 Å². The molecule has 0 radical (unpaired) electrons. The van der Waals surface area contributed by atoms with Crippen LogP contribution >= 0.6 is 23.2 Å². The molecule has 0 aliphatic carbocycles. The first-order chi connectivity index (χ1) is 17.3. The molecular weight excluding hydrogens is 493 g/mol. The van der Waals surface area contributed by atoms with Crippen LogP contribution in [0.15, 0.2) is 66.7 Å². The average molecular weight is 522 g/mol. The molecule has 5 rings (SSSR count). The second-order valence-electron chi connectivity index (χ2n) is 9.66. The number of amides is 1. The number of hydrogen-bond acceptors (Lipinski definition) is 3. The molecule has 1 aliphatic heterocycles. The van der Waals surface area contributed by atoms with Gasteiger partial charge in [0.2, 0.25) is 5.91 Å². The predicted molar refractivity (Wildman–Crippen MR) is 145 cm³/mol. The van der Waals surface area contributed by atoms with E-state index in [1.807, 2.05) is 72.6 Å². The monoisotopic (exact) mass is 521 g/mol. The van der Waals surface area contributed by atoms with Crippen molar-refractivity contribution in [1.29, 1.82) is 0 Å². The number of aliphatic hydroxyl groups is 1. The number of benzene rings is 2. The molecule has 1 saturated heterocycles. The molecule has 3 heterocycles. The maximum Gasteiger partial charge on any atom is 0.222 e. The minimum absolute atomic E-state index is 0.0952. The molecule has 0 unspecified atom stereocenters. The summed E-state index contributed by atoms with van der Waals surface area (Å²) in [4.78, 5) is 19.7. The van der Waals surface area contributed by atoms with Crippen LogP contribution in [0.5, 0.6) is 0 Å². The van der Waals surface area contributed by atoms with Crippen LogP contribution < -0.4 is 0 Å². The number of aromatic nitrogens is 2. The Balaban J connectivity index is 1.32. The maximum atomic E-state index is 13.2. The Morgan fingerprint density at radius 3 is 2.39 bits per heavy atom. The Labute approximate surface area is 221 Å². The maximum absolute atomic E-state index is 13.2. The summed E-state index contributed by atoms with van der Waals surface area (Å²) in [5.41, 5.74) is 5.17. The van der Waals surface area contributed by atoms with Gasteiger partial charge in [-0.2, -0.15) is 0 Å². The zero-order chi connectivity index (χ0) is 25.3. The number of fused-ring (bicyclic) bond motifs is 1. The van der Waals surface area contributed by atoms with Crippen molar-refractivity contribution in [3.8, 4) is 11.3 Å². The standard InChI is InChI=1S/C29H29Cl2N3O2/c1-33-24-12-13-25(31)32-27(24)23(28(33)21-7-9-22(30)10-8-21)11-14-26(35)34-17-15-29(36,16-18-34)19-20-5-3-2-4-6-20/h2-10,12-13,36H,11,14-19H2,1H3. The number of piperidine rings is 1.